The fourth-order valence-electron chi connectivity index (χ4n) is 5.10. The van der Waals surface area contributed by atoms with Crippen molar-refractivity contribution in [1.29, 1.82) is 0 Å². The van der Waals surface area contributed by atoms with Crippen LogP contribution in [-0.2, 0) is 29.0 Å². The van der Waals surface area contributed by atoms with Crippen molar-refractivity contribution in [3.05, 3.63) is 70.3 Å². The van der Waals surface area contributed by atoms with Crippen molar-refractivity contribution < 1.29 is 43.5 Å². The van der Waals surface area contributed by atoms with E-state index in [-0.39, 0.29) is 64.1 Å². The fourth-order valence-corrected chi connectivity index (χ4v) is 5.10. The average Bonchev–Trinajstić information content (AvgIpc) is 3.14. The van der Waals surface area contributed by atoms with E-state index in [4.69, 9.17) is 18.9 Å². The van der Waals surface area contributed by atoms with Gasteiger partial charge in [0.25, 0.3) is 0 Å². The number of ketones is 1. The van der Waals surface area contributed by atoms with E-state index >= 15 is 0 Å². The van der Waals surface area contributed by atoms with E-state index in [1.165, 1.54) is 13.2 Å². The van der Waals surface area contributed by atoms with Gasteiger partial charge in [-0.25, -0.2) is 9.59 Å². The number of carbonyl (C=O) groups is 3. The smallest absolute Gasteiger partial charge is 0.347 e. The molecule has 0 saturated heterocycles. The number of phenolic OH excluding ortho intramolecular Hbond substituents is 2. The number of methoxy groups -OCH3 is 1. The van der Waals surface area contributed by atoms with Crippen molar-refractivity contribution in [2.24, 2.45) is 0 Å². The first kappa shape index (κ1) is 31.4. The zero-order valence-electron chi connectivity index (χ0n) is 24.9. The van der Waals surface area contributed by atoms with Gasteiger partial charge in [-0.1, -0.05) is 69.9 Å². The highest BCUT2D eigenvalue weighted by atomic mass is 16.6. The molecule has 228 valence electrons. The van der Waals surface area contributed by atoms with Crippen molar-refractivity contribution >= 4 is 17.7 Å². The second-order valence-electron chi connectivity index (χ2n) is 10.6. The van der Waals surface area contributed by atoms with Gasteiger partial charge in [-0.2, -0.15) is 0 Å². The Morgan fingerprint density at radius 1 is 0.907 bits per heavy atom. The van der Waals surface area contributed by atoms with E-state index < -0.39 is 23.4 Å². The number of unbranched alkanes of at least 4 members (excludes halogenated alkanes) is 4. The van der Waals surface area contributed by atoms with Crippen molar-refractivity contribution in [3.8, 4) is 34.5 Å². The number of Topliss-reactive ketones (excluding diaryl/α,β-unsaturated/α-hetero) is 1. The maximum absolute atomic E-state index is 13.5. The van der Waals surface area contributed by atoms with Gasteiger partial charge in [0.1, 0.15) is 29.3 Å². The lowest BCUT2D eigenvalue weighted by molar-refractivity contribution is -0.118. The predicted molar refractivity (Wildman–Crippen MR) is 159 cm³/mol. The largest absolute Gasteiger partial charge is 0.507 e. The molecule has 2 N–H and O–H groups in total. The Hall–Kier alpha value is -4.53. The monoisotopic (exact) mass is 590 g/mol. The number of hydrogen-bond acceptors (Lipinski definition) is 9. The highest BCUT2D eigenvalue weighted by Crippen LogP contribution is 2.51. The van der Waals surface area contributed by atoms with E-state index in [1.807, 2.05) is 44.2 Å². The molecule has 0 amide bonds. The molecule has 3 aromatic carbocycles. The second-order valence-corrected chi connectivity index (χ2v) is 10.6. The lowest BCUT2D eigenvalue weighted by Crippen LogP contribution is -2.14. The van der Waals surface area contributed by atoms with Gasteiger partial charge in [-0.3, -0.25) is 4.79 Å². The first-order valence-corrected chi connectivity index (χ1v) is 14.7. The van der Waals surface area contributed by atoms with E-state index in [0.717, 1.165) is 43.7 Å². The Morgan fingerprint density at radius 3 is 2.33 bits per heavy atom. The Morgan fingerprint density at radius 2 is 1.63 bits per heavy atom. The molecule has 0 radical (unpaired) electrons. The lowest BCUT2D eigenvalue weighted by atomic mass is 9.97. The highest BCUT2D eigenvalue weighted by molar-refractivity contribution is 6.01. The molecule has 0 aliphatic carbocycles. The number of benzene rings is 3. The van der Waals surface area contributed by atoms with Crippen LogP contribution in [0.25, 0.3) is 0 Å². The van der Waals surface area contributed by atoms with Crippen LogP contribution >= 0.6 is 0 Å². The predicted octanol–water partition coefficient (Wildman–Crippen LogP) is 7.21. The molecule has 0 atom stereocenters. The molecule has 0 aromatic heterocycles. The summed E-state index contributed by atoms with van der Waals surface area (Å²) >= 11 is 0. The molecule has 3 aromatic rings. The first-order valence-electron chi connectivity index (χ1n) is 14.7. The third-order valence-corrected chi connectivity index (χ3v) is 7.35. The van der Waals surface area contributed by atoms with Crippen LogP contribution in [0, 0.1) is 0 Å². The van der Waals surface area contributed by atoms with Gasteiger partial charge < -0.3 is 29.2 Å². The molecule has 1 aliphatic heterocycles. The van der Waals surface area contributed by atoms with Gasteiger partial charge in [0, 0.05) is 24.5 Å². The van der Waals surface area contributed by atoms with Gasteiger partial charge in [0.2, 0.25) is 5.75 Å². The van der Waals surface area contributed by atoms with Gasteiger partial charge >= 0.3 is 11.9 Å². The van der Waals surface area contributed by atoms with Crippen molar-refractivity contribution in [3.63, 3.8) is 0 Å². The summed E-state index contributed by atoms with van der Waals surface area (Å²) < 4.78 is 22.8. The minimum atomic E-state index is -0.874. The van der Waals surface area contributed by atoms with Crippen molar-refractivity contribution in [1.82, 2.24) is 0 Å². The van der Waals surface area contributed by atoms with Gasteiger partial charge in [-0.15, -0.1) is 0 Å². The quantitative estimate of drug-likeness (QED) is 0.114. The van der Waals surface area contributed by atoms with Crippen LogP contribution in [0.15, 0.2) is 42.5 Å². The van der Waals surface area contributed by atoms with Gasteiger partial charge in [0.05, 0.1) is 7.11 Å². The highest BCUT2D eigenvalue weighted by Gasteiger charge is 2.35. The number of phenols is 2. The number of hydrogen-bond donors (Lipinski definition) is 2. The average molecular weight is 591 g/mol. The molecule has 0 unspecified atom stereocenters. The Kier molecular flexibility index (Phi) is 10.6. The molecule has 0 fully saturated rings. The summed E-state index contributed by atoms with van der Waals surface area (Å²) in [6.45, 7) is 4.06. The molecule has 43 heavy (non-hydrogen) atoms. The lowest BCUT2D eigenvalue weighted by Gasteiger charge is -2.19. The number of fused-ring (bicyclic) bond motifs is 2. The summed E-state index contributed by atoms with van der Waals surface area (Å²) in [5, 5.41) is 22.1. The minimum Gasteiger partial charge on any atom is -0.507 e. The standard InChI is InChI=1S/C34H38O9/c1-4-6-9-15-23(35)17-22-18-26(40-3)30(37)32-28(22)34(39)42-27-19-25(36)29(24(31(27)43-32)16-10-7-5-2)33(38)41-20-21-13-11-8-12-14-21/h8,11-14,18-19,36-37H,4-7,9-10,15-17,20H2,1-3H3. The third kappa shape index (κ3) is 7.28. The Balaban J connectivity index is 1.79. The van der Waals surface area contributed by atoms with Gasteiger partial charge in [-0.05, 0) is 36.5 Å². The number of carbonyl (C=O) groups excluding carboxylic acids is 3. The molecule has 4 rings (SSSR count). The summed E-state index contributed by atoms with van der Waals surface area (Å²) in [5.74, 6) is -2.97. The van der Waals surface area contributed by atoms with Crippen LogP contribution in [-0.4, -0.2) is 35.0 Å². The molecule has 9 heteroatoms. The molecule has 1 aliphatic rings. The van der Waals surface area contributed by atoms with Crippen LogP contribution < -0.4 is 14.2 Å². The van der Waals surface area contributed by atoms with Crippen LogP contribution in [0.3, 0.4) is 0 Å². The molecule has 0 spiro atoms. The van der Waals surface area contributed by atoms with E-state index in [2.05, 4.69) is 0 Å². The number of ether oxygens (including phenoxy) is 4. The fraction of sp³-hybridized carbons (Fsp3) is 0.382. The summed E-state index contributed by atoms with van der Waals surface area (Å²) in [6, 6.07) is 11.7. The maximum Gasteiger partial charge on any atom is 0.347 e. The van der Waals surface area contributed by atoms with Crippen molar-refractivity contribution in [2.75, 3.05) is 7.11 Å². The van der Waals surface area contributed by atoms with E-state index in [0.29, 0.717) is 19.3 Å². The molecule has 0 saturated carbocycles. The Labute approximate surface area is 251 Å². The molecule has 1 heterocycles. The van der Waals surface area contributed by atoms with Crippen LogP contribution in [0.5, 0.6) is 34.5 Å². The zero-order chi connectivity index (χ0) is 30.9. The zero-order valence-corrected chi connectivity index (χ0v) is 24.9. The third-order valence-electron chi connectivity index (χ3n) is 7.35. The molecule has 9 nitrogen and oxygen atoms in total. The topological polar surface area (TPSA) is 129 Å². The minimum absolute atomic E-state index is 0.00330. The Bertz CT molecular complexity index is 1480. The molecular weight excluding hydrogens is 552 g/mol. The summed E-state index contributed by atoms with van der Waals surface area (Å²) in [6.07, 6.45) is 5.48. The SMILES string of the molecule is CCCCCC(=O)Cc1cc(OC)c(O)c2c1C(=O)Oc1cc(O)c(C(=O)OCc3ccccc3)c(CCCCC)c1O2. The van der Waals surface area contributed by atoms with Crippen LogP contribution in [0.1, 0.15) is 96.2 Å². The number of esters is 2. The second kappa shape index (κ2) is 14.6. The van der Waals surface area contributed by atoms with E-state index in [9.17, 15) is 24.6 Å². The number of rotatable bonds is 14. The van der Waals surface area contributed by atoms with E-state index in [1.54, 1.807) is 0 Å². The number of aromatic hydroxyl groups is 2. The van der Waals surface area contributed by atoms with Crippen LogP contribution in [0.2, 0.25) is 0 Å². The maximum atomic E-state index is 13.5. The normalized spacial score (nSPS) is 11.9. The molecule has 0 bridgehead atoms. The molecular formula is C34H38O9. The first-order chi connectivity index (χ1) is 20.8. The summed E-state index contributed by atoms with van der Waals surface area (Å²) in [7, 11) is 1.35. The van der Waals surface area contributed by atoms with Gasteiger partial charge in [0.15, 0.2) is 23.0 Å². The summed E-state index contributed by atoms with van der Waals surface area (Å²) in [4.78, 5) is 39.7. The van der Waals surface area contributed by atoms with Crippen LogP contribution in [0.4, 0.5) is 0 Å². The van der Waals surface area contributed by atoms with Crippen molar-refractivity contribution in [2.45, 2.75) is 78.2 Å². The summed E-state index contributed by atoms with van der Waals surface area (Å²) in [5.41, 5.74) is 1.10.